The minimum atomic E-state index is -0.270. The lowest BCUT2D eigenvalue weighted by Gasteiger charge is -2.21. The van der Waals surface area contributed by atoms with Crippen molar-refractivity contribution in [3.05, 3.63) is 59.9 Å². The summed E-state index contributed by atoms with van der Waals surface area (Å²) in [6, 6.07) is 11.4. The van der Waals surface area contributed by atoms with Gasteiger partial charge in [0.1, 0.15) is 13.2 Å². The first-order valence-electron chi connectivity index (χ1n) is 11.2. The van der Waals surface area contributed by atoms with E-state index in [-0.39, 0.29) is 24.1 Å². The van der Waals surface area contributed by atoms with Crippen LogP contribution in [0, 0.1) is 13.8 Å². The number of likely N-dealkylation sites (N-methyl/N-ethyl adjacent to an activating group) is 1. The molecule has 9 heteroatoms. The van der Waals surface area contributed by atoms with Crippen LogP contribution in [0.3, 0.4) is 0 Å². The molecule has 1 N–H and O–H groups in total. The molecule has 8 nitrogen and oxygen atoms in total. The standard InChI is InChI=1S/C25H28N4O4S/c1-4-28(15-23(30)27-19-8-9-21-22(14-19)33-13-12-32-21)24(31)16-34-25-26-10-11-29(25)20-7-5-6-17(2)18(20)3/h5-11,14H,4,12-13,15-16H2,1-3H3,(H,27,30). The zero-order valence-electron chi connectivity index (χ0n) is 19.5. The zero-order valence-corrected chi connectivity index (χ0v) is 20.4. The number of carbonyl (C=O) groups is 2. The average Bonchev–Trinajstić information content (AvgIpc) is 3.31. The van der Waals surface area contributed by atoms with E-state index < -0.39 is 0 Å². The highest BCUT2D eigenvalue weighted by molar-refractivity contribution is 7.99. The van der Waals surface area contributed by atoms with Crippen molar-refractivity contribution in [1.82, 2.24) is 14.5 Å². The van der Waals surface area contributed by atoms with Crippen molar-refractivity contribution < 1.29 is 19.1 Å². The van der Waals surface area contributed by atoms with Crippen LogP contribution in [-0.2, 0) is 9.59 Å². The van der Waals surface area contributed by atoms with Gasteiger partial charge >= 0.3 is 0 Å². The Morgan fingerprint density at radius 3 is 2.74 bits per heavy atom. The minimum absolute atomic E-state index is 0.0320. The maximum atomic E-state index is 12.9. The molecule has 0 saturated carbocycles. The molecule has 0 fully saturated rings. The first-order chi connectivity index (χ1) is 16.5. The van der Waals surface area contributed by atoms with Crippen LogP contribution in [0.1, 0.15) is 18.1 Å². The SMILES string of the molecule is CCN(CC(=O)Nc1ccc2c(c1)OCCO2)C(=O)CSc1nccn1-c1cccc(C)c1C. The number of anilines is 1. The van der Waals surface area contributed by atoms with Crippen molar-refractivity contribution in [3.63, 3.8) is 0 Å². The van der Waals surface area contributed by atoms with Gasteiger partial charge in [-0.25, -0.2) is 4.98 Å². The molecule has 0 aliphatic carbocycles. The van der Waals surface area contributed by atoms with Gasteiger partial charge in [-0.3, -0.25) is 14.2 Å². The number of ether oxygens (including phenoxy) is 2. The van der Waals surface area contributed by atoms with Gasteiger partial charge in [0.15, 0.2) is 16.7 Å². The number of hydrogen-bond donors (Lipinski definition) is 1. The van der Waals surface area contributed by atoms with Crippen LogP contribution in [0.25, 0.3) is 5.69 Å². The van der Waals surface area contributed by atoms with E-state index in [1.54, 1.807) is 24.4 Å². The van der Waals surface area contributed by atoms with E-state index in [9.17, 15) is 9.59 Å². The van der Waals surface area contributed by atoms with E-state index >= 15 is 0 Å². The highest BCUT2D eigenvalue weighted by atomic mass is 32.2. The summed E-state index contributed by atoms with van der Waals surface area (Å²) in [7, 11) is 0. The van der Waals surface area contributed by atoms with E-state index in [2.05, 4.69) is 30.2 Å². The fourth-order valence-electron chi connectivity index (χ4n) is 3.67. The predicted molar refractivity (Wildman–Crippen MR) is 132 cm³/mol. The lowest BCUT2D eigenvalue weighted by Crippen LogP contribution is -2.38. The molecule has 1 aliphatic heterocycles. The van der Waals surface area contributed by atoms with Crippen molar-refractivity contribution in [2.75, 3.05) is 37.4 Å². The number of imidazole rings is 1. The van der Waals surface area contributed by atoms with Crippen LogP contribution in [0.5, 0.6) is 11.5 Å². The number of amides is 2. The molecular formula is C25H28N4O4S. The lowest BCUT2D eigenvalue weighted by molar-refractivity contribution is -0.132. The van der Waals surface area contributed by atoms with Crippen molar-refractivity contribution >= 4 is 29.3 Å². The topological polar surface area (TPSA) is 85.7 Å². The minimum Gasteiger partial charge on any atom is -0.486 e. The Balaban J connectivity index is 1.35. The first kappa shape index (κ1) is 23.7. The molecule has 1 aliphatic rings. The summed E-state index contributed by atoms with van der Waals surface area (Å²) in [6.07, 6.45) is 3.62. The van der Waals surface area contributed by atoms with Gasteiger partial charge in [0.05, 0.1) is 18.0 Å². The number of nitrogens with zero attached hydrogens (tertiary/aromatic N) is 3. The third-order valence-corrected chi connectivity index (χ3v) is 6.61. The van der Waals surface area contributed by atoms with E-state index in [1.165, 1.54) is 27.8 Å². The molecule has 0 saturated heterocycles. The van der Waals surface area contributed by atoms with E-state index in [0.717, 1.165) is 10.8 Å². The Morgan fingerprint density at radius 2 is 1.94 bits per heavy atom. The number of aryl methyl sites for hydroxylation is 1. The average molecular weight is 481 g/mol. The fraction of sp³-hybridized carbons (Fsp3) is 0.320. The Hall–Kier alpha value is -3.46. The maximum Gasteiger partial charge on any atom is 0.243 e. The number of rotatable bonds is 8. The van der Waals surface area contributed by atoms with Gasteiger partial charge in [-0.2, -0.15) is 0 Å². The number of carbonyl (C=O) groups excluding carboxylic acids is 2. The van der Waals surface area contributed by atoms with Crippen LogP contribution >= 0.6 is 11.8 Å². The highest BCUT2D eigenvalue weighted by Crippen LogP contribution is 2.32. The molecule has 178 valence electrons. The summed E-state index contributed by atoms with van der Waals surface area (Å²) in [4.78, 5) is 31.4. The smallest absolute Gasteiger partial charge is 0.243 e. The van der Waals surface area contributed by atoms with Gasteiger partial charge < -0.3 is 19.7 Å². The van der Waals surface area contributed by atoms with Crippen molar-refractivity contribution in [2.24, 2.45) is 0 Å². The molecule has 3 aromatic rings. The Bertz CT molecular complexity index is 1190. The van der Waals surface area contributed by atoms with Crippen LogP contribution in [0.15, 0.2) is 53.9 Å². The van der Waals surface area contributed by atoms with Crippen LogP contribution in [-0.4, -0.2) is 58.3 Å². The monoisotopic (exact) mass is 480 g/mol. The third-order valence-electron chi connectivity index (χ3n) is 5.66. The molecule has 34 heavy (non-hydrogen) atoms. The second-order valence-electron chi connectivity index (χ2n) is 7.90. The summed E-state index contributed by atoms with van der Waals surface area (Å²) in [6.45, 7) is 7.38. The molecular weight excluding hydrogens is 452 g/mol. The van der Waals surface area contributed by atoms with Gasteiger partial charge in [-0.15, -0.1) is 0 Å². The second kappa shape index (κ2) is 10.6. The molecule has 2 amide bonds. The summed E-state index contributed by atoms with van der Waals surface area (Å²) in [5, 5.41) is 3.57. The molecule has 0 bridgehead atoms. The highest BCUT2D eigenvalue weighted by Gasteiger charge is 2.19. The zero-order chi connectivity index (χ0) is 24.1. The summed E-state index contributed by atoms with van der Waals surface area (Å²) in [5.41, 5.74) is 4.00. The molecule has 0 unspecified atom stereocenters. The second-order valence-corrected chi connectivity index (χ2v) is 8.84. The maximum absolute atomic E-state index is 12.9. The number of hydrogen-bond acceptors (Lipinski definition) is 6. The lowest BCUT2D eigenvalue weighted by atomic mass is 10.1. The van der Waals surface area contributed by atoms with E-state index in [1.807, 2.05) is 29.8 Å². The Morgan fingerprint density at radius 1 is 1.15 bits per heavy atom. The number of aromatic nitrogens is 2. The van der Waals surface area contributed by atoms with Gasteiger partial charge in [-0.05, 0) is 50.1 Å². The molecule has 0 atom stereocenters. The molecule has 4 rings (SSSR count). The molecule has 2 heterocycles. The first-order valence-corrected chi connectivity index (χ1v) is 12.1. The van der Waals surface area contributed by atoms with Gasteiger partial charge in [0.25, 0.3) is 0 Å². The van der Waals surface area contributed by atoms with E-state index in [4.69, 9.17) is 9.47 Å². The van der Waals surface area contributed by atoms with Crippen molar-refractivity contribution in [1.29, 1.82) is 0 Å². The van der Waals surface area contributed by atoms with Crippen LogP contribution in [0.4, 0.5) is 5.69 Å². The number of benzene rings is 2. The summed E-state index contributed by atoms with van der Waals surface area (Å²) in [5.74, 6) is 1.05. The predicted octanol–water partition coefficient (Wildman–Crippen LogP) is 3.84. The third kappa shape index (κ3) is 5.36. The van der Waals surface area contributed by atoms with Gasteiger partial charge in [0, 0.05) is 30.7 Å². The molecule has 2 aromatic carbocycles. The number of fused-ring (bicyclic) bond motifs is 1. The van der Waals surface area contributed by atoms with Crippen molar-refractivity contribution in [2.45, 2.75) is 25.9 Å². The number of nitrogens with one attached hydrogen (secondary N) is 1. The fourth-order valence-corrected chi connectivity index (χ4v) is 4.53. The summed E-state index contributed by atoms with van der Waals surface area (Å²) < 4.78 is 13.1. The molecule has 0 radical (unpaired) electrons. The van der Waals surface area contributed by atoms with Gasteiger partial charge in [-0.1, -0.05) is 23.9 Å². The van der Waals surface area contributed by atoms with Crippen molar-refractivity contribution in [3.8, 4) is 17.2 Å². The Labute approximate surface area is 203 Å². The van der Waals surface area contributed by atoms with Crippen LogP contribution < -0.4 is 14.8 Å². The van der Waals surface area contributed by atoms with Crippen LogP contribution in [0.2, 0.25) is 0 Å². The Kier molecular flexibility index (Phi) is 7.42. The molecule has 0 spiro atoms. The largest absolute Gasteiger partial charge is 0.486 e. The summed E-state index contributed by atoms with van der Waals surface area (Å²) >= 11 is 1.36. The molecule has 1 aromatic heterocycles. The quantitative estimate of drug-likeness (QED) is 0.493. The normalized spacial score (nSPS) is 12.3. The van der Waals surface area contributed by atoms with E-state index in [0.29, 0.717) is 36.9 Å². The number of thioether (sulfide) groups is 1. The van der Waals surface area contributed by atoms with Gasteiger partial charge in [0.2, 0.25) is 11.8 Å².